The molecular weight excluding hydrogens is 260 g/mol. The molecule has 0 spiro atoms. The van der Waals surface area contributed by atoms with E-state index in [0.29, 0.717) is 38.0 Å². The zero-order chi connectivity index (χ0) is 14.3. The molecule has 1 aromatic rings. The first-order valence-electron chi connectivity index (χ1n) is 6.90. The standard InChI is InChI=1S/C13H20N4O3/c1-9-14-11(20-15-9)10-6-17(7-10)12(18)13(2)8-16(3)4-5-19-13/h10H,4-8H2,1-3H3/t13-/m1/s1. The largest absolute Gasteiger partial charge is 0.363 e. The molecule has 2 fully saturated rings. The van der Waals surface area contributed by atoms with Crippen LogP contribution in [0.25, 0.3) is 0 Å². The molecule has 0 radical (unpaired) electrons. The van der Waals surface area contributed by atoms with Gasteiger partial charge >= 0.3 is 0 Å². The van der Waals surface area contributed by atoms with E-state index >= 15 is 0 Å². The van der Waals surface area contributed by atoms with Gasteiger partial charge in [-0.25, -0.2) is 0 Å². The van der Waals surface area contributed by atoms with Crippen molar-refractivity contribution >= 4 is 5.91 Å². The normalized spacial score (nSPS) is 28.4. The summed E-state index contributed by atoms with van der Waals surface area (Å²) < 4.78 is 10.9. The van der Waals surface area contributed by atoms with E-state index in [-0.39, 0.29) is 11.8 Å². The van der Waals surface area contributed by atoms with E-state index in [1.165, 1.54) is 0 Å². The maximum atomic E-state index is 12.5. The molecule has 1 aromatic heterocycles. The van der Waals surface area contributed by atoms with Gasteiger partial charge < -0.3 is 19.1 Å². The number of hydrogen-bond donors (Lipinski definition) is 0. The van der Waals surface area contributed by atoms with Gasteiger partial charge in [-0.1, -0.05) is 5.16 Å². The van der Waals surface area contributed by atoms with Crippen molar-refractivity contribution in [1.82, 2.24) is 19.9 Å². The van der Waals surface area contributed by atoms with Crippen LogP contribution >= 0.6 is 0 Å². The Balaban J connectivity index is 1.60. The minimum Gasteiger partial charge on any atom is -0.363 e. The first-order chi connectivity index (χ1) is 9.48. The second-order valence-electron chi connectivity index (χ2n) is 5.90. The van der Waals surface area contributed by atoms with Crippen LogP contribution in [0, 0.1) is 6.92 Å². The number of morpholine rings is 1. The molecule has 1 amide bonds. The summed E-state index contributed by atoms with van der Waals surface area (Å²) in [4.78, 5) is 20.7. The summed E-state index contributed by atoms with van der Waals surface area (Å²) in [5.41, 5.74) is -0.733. The van der Waals surface area contributed by atoms with Crippen molar-refractivity contribution in [3.8, 4) is 0 Å². The van der Waals surface area contributed by atoms with Crippen LogP contribution in [0.1, 0.15) is 24.6 Å². The van der Waals surface area contributed by atoms with Crippen LogP contribution < -0.4 is 0 Å². The van der Waals surface area contributed by atoms with Gasteiger partial charge in [-0.2, -0.15) is 4.98 Å². The van der Waals surface area contributed by atoms with Crippen molar-refractivity contribution in [3.63, 3.8) is 0 Å². The molecule has 0 aromatic carbocycles. The molecule has 7 nitrogen and oxygen atoms in total. The third-order valence-corrected chi connectivity index (χ3v) is 3.98. The quantitative estimate of drug-likeness (QED) is 0.761. The first-order valence-corrected chi connectivity index (χ1v) is 6.90. The summed E-state index contributed by atoms with van der Waals surface area (Å²) in [7, 11) is 2.01. The summed E-state index contributed by atoms with van der Waals surface area (Å²) in [5.74, 6) is 1.47. The monoisotopic (exact) mass is 280 g/mol. The van der Waals surface area contributed by atoms with Crippen LogP contribution in [0.5, 0.6) is 0 Å². The van der Waals surface area contributed by atoms with Gasteiger partial charge in [-0.05, 0) is 20.9 Å². The van der Waals surface area contributed by atoms with Crippen LogP contribution in [0.2, 0.25) is 0 Å². The van der Waals surface area contributed by atoms with Crippen LogP contribution in [0.15, 0.2) is 4.52 Å². The number of rotatable bonds is 2. The van der Waals surface area contributed by atoms with Crippen molar-refractivity contribution < 1.29 is 14.1 Å². The van der Waals surface area contributed by atoms with Crippen LogP contribution in [-0.2, 0) is 9.53 Å². The predicted octanol–water partition coefficient (Wildman–Crippen LogP) is 0.0245. The predicted molar refractivity (Wildman–Crippen MR) is 70.2 cm³/mol. The average molecular weight is 280 g/mol. The molecule has 1 atom stereocenters. The smallest absolute Gasteiger partial charge is 0.255 e. The molecule has 0 saturated carbocycles. The molecule has 3 rings (SSSR count). The lowest BCUT2D eigenvalue weighted by molar-refractivity contribution is -0.171. The number of amides is 1. The highest BCUT2D eigenvalue weighted by molar-refractivity contribution is 5.86. The van der Waals surface area contributed by atoms with Gasteiger partial charge in [0.15, 0.2) is 11.4 Å². The first kappa shape index (κ1) is 13.5. The second kappa shape index (κ2) is 4.82. The third-order valence-electron chi connectivity index (χ3n) is 3.98. The SMILES string of the molecule is Cc1noc(C2CN(C(=O)[C@@]3(C)CN(C)CCO3)C2)n1. The average Bonchev–Trinajstić information content (AvgIpc) is 2.73. The lowest BCUT2D eigenvalue weighted by atomic mass is 9.94. The minimum absolute atomic E-state index is 0.0523. The van der Waals surface area contributed by atoms with Gasteiger partial charge in [0, 0.05) is 26.2 Å². The highest BCUT2D eigenvalue weighted by Gasteiger charge is 2.46. The third kappa shape index (κ3) is 2.31. The van der Waals surface area contributed by atoms with Gasteiger partial charge in [-0.3, -0.25) is 4.79 Å². The zero-order valence-electron chi connectivity index (χ0n) is 12.1. The fourth-order valence-electron chi connectivity index (χ4n) is 2.81. The summed E-state index contributed by atoms with van der Waals surface area (Å²) in [6.45, 7) is 7.01. The molecule has 7 heteroatoms. The van der Waals surface area contributed by atoms with Crippen LogP contribution in [0.3, 0.4) is 0 Å². The second-order valence-corrected chi connectivity index (χ2v) is 5.90. The molecule has 0 N–H and O–H groups in total. The van der Waals surface area contributed by atoms with Crippen LogP contribution in [-0.4, -0.2) is 71.3 Å². The summed E-state index contributed by atoms with van der Waals surface area (Å²) >= 11 is 0. The van der Waals surface area contributed by atoms with Crippen molar-refractivity contribution in [2.45, 2.75) is 25.4 Å². The number of ether oxygens (including phenoxy) is 1. The van der Waals surface area contributed by atoms with Gasteiger partial charge in [-0.15, -0.1) is 0 Å². The number of aryl methyl sites for hydroxylation is 1. The van der Waals surface area contributed by atoms with Gasteiger partial charge in [0.05, 0.1) is 12.5 Å². The van der Waals surface area contributed by atoms with E-state index in [9.17, 15) is 4.79 Å². The molecule has 3 heterocycles. The van der Waals surface area contributed by atoms with Crippen molar-refractivity contribution in [2.75, 3.05) is 39.8 Å². The molecule has 110 valence electrons. The van der Waals surface area contributed by atoms with E-state index in [1.54, 1.807) is 6.92 Å². The fourth-order valence-corrected chi connectivity index (χ4v) is 2.81. The highest BCUT2D eigenvalue weighted by atomic mass is 16.5. The number of likely N-dealkylation sites (tertiary alicyclic amines) is 1. The molecule has 0 unspecified atom stereocenters. The maximum absolute atomic E-state index is 12.5. The Hall–Kier alpha value is -1.47. The topological polar surface area (TPSA) is 71.7 Å². The zero-order valence-corrected chi connectivity index (χ0v) is 12.1. The number of hydrogen-bond acceptors (Lipinski definition) is 6. The Morgan fingerprint density at radius 3 is 2.80 bits per heavy atom. The fraction of sp³-hybridized carbons (Fsp3) is 0.769. The van der Waals surface area contributed by atoms with E-state index < -0.39 is 5.60 Å². The van der Waals surface area contributed by atoms with E-state index in [4.69, 9.17) is 9.26 Å². The summed E-state index contributed by atoms with van der Waals surface area (Å²) in [5, 5.41) is 3.78. The van der Waals surface area contributed by atoms with E-state index in [2.05, 4.69) is 15.0 Å². The minimum atomic E-state index is -0.733. The van der Waals surface area contributed by atoms with Crippen LogP contribution in [0.4, 0.5) is 0 Å². The Morgan fingerprint density at radius 1 is 1.45 bits per heavy atom. The lowest BCUT2D eigenvalue weighted by Crippen LogP contribution is -2.62. The molecule has 2 aliphatic heterocycles. The molecule has 0 aliphatic carbocycles. The van der Waals surface area contributed by atoms with Gasteiger partial charge in [0.2, 0.25) is 5.89 Å². The molecule has 0 bridgehead atoms. The number of aromatic nitrogens is 2. The summed E-state index contributed by atoms with van der Waals surface area (Å²) in [6, 6.07) is 0. The number of nitrogens with zero attached hydrogens (tertiary/aromatic N) is 4. The number of likely N-dealkylation sites (N-methyl/N-ethyl adjacent to an activating group) is 1. The van der Waals surface area contributed by atoms with E-state index in [1.807, 2.05) is 18.9 Å². The Labute approximate surface area is 117 Å². The van der Waals surface area contributed by atoms with Crippen molar-refractivity contribution in [1.29, 1.82) is 0 Å². The van der Waals surface area contributed by atoms with Crippen molar-refractivity contribution in [3.05, 3.63) is 11.7 Å². The maximum Gasteiger partial charge on any atom is 0.255 e. The van der Waals surface area contributed by atoms with Gasteiger partial charge in [0.25, 0.3) is 5.91 Å². The van der Waals surface area contributed by atoms with E-state index in [0.717, 1.165) is 6.54 Å². The molecular formula is C13H20N4O3. The number of carbonyl (C=O) groups is 1. The van der Waals surface area contributed by atoms with Crippen molar-refractivity contribution in [2.24, 2.45) is 0 Å². The Morgan fingerprint density at radius 2 is 2.20 bits per heavy atom. The highest BCUT2D eigenvalue weighted by Crippen LogP contribution is 2.30. The molecule has 20 heavy (non-hydrogen) atoms. The lowest BCUT2D eigenvalue weighted by Gasteiger charge is -2.45. The summed E-state index contributed by atoms with van der Waals surface area (Å²) in [6.07, 6.45) is 0. The Kier molecular flexibility index (Phi) is 3.25. The van der Waals surface area contributed by atoms with Gasteiger partial charge in [0.1, 0.15) is 0 Å². The molecule has 2 aliphatic rings. The molecule has 2 saturated heterocycles. The Bertz CT molecular complexity index is 511. The number of carbonyl (C=O) groups excluding carboxylic acids is 1.